The van der Waals surface area contributed by atoms with Gasteiger partial charge in [-0.2, -0.15) is 0 Å². The zero-order valence-electron chi connectivity index (χ0n) is 10.4. The third-order valence-corrected chi connectivity index (χ3v) is 4.63. The summed E-state index contributed by atoms with van der Waals surface area (Å²) in [5.41, 5.74) is 0.951. The first-order valence-corrected chi connectivity index (χ1v) is 6.97. The van der Waals surface area contributed by atoms with Crippen molar-refractivity contribution in [1.82, 2.24) is 0 Å². The van der Waals surface area contributed by atoms with Crippen LogP contribution in [0.4, 0.5) is 0 Å². The molecule has 0 saturated carbocycles. The molecule has 0 bridgehead atoms. The zero-order valence-corrected chi connectivity index (χ0v) is 11.2. The van der Waals surface area contributed by atoms with E-state index < -0.39 is 21.1 Å². The van der Waals surface area contributed by atoms with Crippen LogP contribution < -0.4 is 0 Å². The second-order valence-electron chi connectivity index (χ2n) is 3.89. The highest BCUT2D eigenvalue weighted by Gasteiger charge is 2.33. The monoisotopic (exact) mass is 268 g/mol. The molecule has 1 rings (SSSR count). The summed E-state index contributed by atoms with van der Waals surface area (Å²) in [6.45, 7) is 5.33. The van der Waals surface area contributed by atoms with Crippen molar-refractivity contribution in [1.29, 1.82) is 0 Å². The molecule has 0 aliphatic carbocycles. The highest BCUT2D eigenvalue weighted by atomic mass is 32.2. The lowest BCUT2D eigenvalue weighted by molar-refractivity contribution is -0.140. The number of allylic oxidation sites excluding steroid dienone is 1. The van der Waals surface area contributed by atoms with Gasteiger partial charge in [0.05, 0.1) is 12.0 Å². The number of methoxy groups -OCH3 is 1. The van der Waals surface area contributed by atoms with Crippen LogP contribution in [0, 0.1) is 6.92 Å². The van der Waals surface area contributed by atoms with Gasteiger partial charge in [-0.15, -0.1) is 6.58 Å². The van der Waals surface area contributed by atoms with Gasteiger partial charge >= 0.3 is 5.97 Å². The van der Waals surface area contributed by atoms with Crippen LogP contribution in [0.15, 0.2) is 41.8 Å². The Kier molecular flexibility index (Phi) is 4.67. The molecular formula is C13H16O4S. The summed E-state index contributed by atoms with van der Waals surface area (Å²) in [5, 5.41) is -1.23. The second-order valence-corrected chi connectivity index (χ2v) is 6.02. The molecule has 0 amide bonds. The number of aryl methyl sites for hydroxylation is 1. The van der Waals surface area contributed by atoms with E-state index in [1.54, 1.807) is 12.1 Å². The number of carbonyl (C=O) groups is 1. The van der Waals surface area contributed by atoms with Gasteiger partial charge in [0.25, 0.3) is 0 Å². The van der Waals surface area contributed by atoms with Gasteiger partial charge in [0.15, 0.2) is 15.1 Å². The lowest BCUT2D eigenvalue weighted by atomic mass is 10.2. The van der Waals surface area contributed by atoms with Crippen LogP contribution in [0.1, 0.15) is 12.0 Å². The second kappa shape index (κ2) is 5.82. The Morgan fingerprint density at radius 3 is 2.39 bits per heavy atom. The minimum absolute atomic E-state index is 0.0306. The predicted molar refractivity (Wildman–Crippen MR) is 69.0 cm³/mol. The van der Waals surface area contributed by atoms with Crippen LogP contribution in [0.5, 0.6) is 0 Å². The maximum absolute atomic E-state index is 12.3. The van der Waals surface area contributed by atoms with Crippen LogP contribution in [0.25, 0.3) is 0 Å². The third kappa shape index (κ3) is 2.98. The van der Waals surface area contributed by atoms with Crippen LogP contribution in [0.2, 0.25) is 0 Å². The molecule has 0 radical (unpaired) electrons. The van der Waals surface area contributed by atoms with Crippen molar-refractivity contribution >= 4 is 15.8 Å². The normalized spacial score (nSPS) is 12.8. The van der Waals surface area contributed by atoms with Crippen LogP contribution in [-0.2, 0) is 19.4 Å². The van der Waals surface area contributed by atoms with E-state index in [-0.39, 0.29) is 11.3 Å². The number of esters is 1. The van der Waals surface area contributed by atoms with E-state index in [2.05, 4.69) is 11.3 Å². The molecule has 0 heterocycles. The van der Waals surface area contributed by atoms with Gasteiger partial charge in [0.2, 0.25) is 0 Å². The van der Waals surface area contributed by atoms with Gasteiger partial charge in [-0.25, -0.2) is 8.42 Å². The van der Waals surface area contributed by atoms with Crippen molar-refractivity contribution in [2.75, 3.05) is 7.11 Å². The number of hydrogen-bond donors (Lipinski definition) is 0. The van der Waals surface area contributed by atoms with Crippen molar-refractivity contribution < 1.29 is 17.9 Å². The van der Waals surface area contributed by atoms with Crippen LogP contribution in [0.3, 0.4) is 0 Å². The number of rotatable bonds is 5. The molecule has 0 N–H and O–H groups in total. The van der Waals surface area contributed by atoms with E-state index in [0.29, 0.717) is 0 Å². The van der Waals surface area contributed by atoms with E-state index in [1.807, 2.05) is 6.92 Å². The standard InChI is InChI=1S/C13H16O4S/c1-4-5-12(13(14)17-3)18(15,16)11-8-6-10(2)7-9-11/h4,6-9,12H,1,5H2,2-3H3. The summed E-state index contributed by atoms with van der Waals surface area (Å²) in [4.78, 5) is 11.7. The quantitative estimate of drug-likeness (QED) is 0.604. The molecule has 0 spiro atoms. The fourth-order valence-electron chi connectivity index (χ4n) is 1.52. The summed E-state index contributed by atoms with van der Waals surface area (Å²) in [6.07, 6.45) is 1.43. The Hall–Kier alpha value is -1.62. The molecule has 0 aliphatic rings. The molecular weight excluding hydrogens is 252 g/mol. The van der Waals surface area contributed by atoms with Crippen LogP contribution >= 0.6 is 0 Å². The average molecular weight is 268 g/mol. The molecule has 1 atom stereocenters. The molecule has 4 nitrogen and oxygen atoms in total. The maximum Gasteiger partial charge on any atom is 0.324 e. The number of sulfone groups is 1. The summed E-state index contributed by atoms with van der Waals surface area (Å²) >= 11 is 0. The van der Waals surface area contributed by atoms with Gasteiger partial charge in [-0.1, -0.05) is 23.8 Å². The lowest BCUT2D eigenvalue weighted by Crippen LogP contribution is -2.31. The Labute approximate surface area is 107 Å². The smallest absolute Gasteiger partial charge is 0.324 e. The Morgan fingerprint density at radius 2 is 1.94 bits per heavy atom. The first-order valence-electron chi connectivity index (χ1n) is 5.42. The minimum atomic E-state index is -3.74. The molecule has 18 heavy (non-hydrogen) atoms. The molecule has 1 aromatic rings. The summed E-state index contributed by atoms with van der Waals surface area (Å²) in [5.74, 6) is -0.768. The topological polar surface area (TPSA) is 60.4 Å². The molecule has 1 unspecified atom stereocenters. The van der Waals surface area contributed by atoms with Gasteiger partial charge in [0, 0.05) is 0 Å². The predicted octanol–water partition coefficient (Wildman–Crippen LogP) is 1.89. The summed E-state index contributed by atoms with van der Waals surface area (Å²) < 4.78 is 29.1. The first kappa shape index (κ1) is 14.4. The number of hydrogen-bond acceptors (Lipinski definition) is 4. The Bertz CT molecular complexity index is 529. The zero-order chi connectivity index (χ0) is 13.8. The van der Waals surface area contributed by atoms with Crippen LogP contribution in [-0.4, -0.2) is 26.7 Å². The number of ether oxygens (including phenoxy) is 1. The Morgan fingerprint density at radius 1 is 1.39 bits per heavy atom. The molecule has 0 aromatic heterocycles. The molecule has 0 aliphatic heterocycles. The van der Waals surface area contributed by atoms with Gasteiger partial charge < -0.3 is 4.74 Å². The lowest BCUT2D eigenvalue weighted by Gasteiger charge is -2.13. The van der Waals surface area contributed by atoms with Crippen molar-refractivity contribution in [2.45, 2.75) is 23.5 Å². The van der Waals surface area contributed by atoms with Gasteiger partial charge in [-0.3, -0.25) is 4.79 Å². The molecule has 0 saturated heterocycles. The largest absolute Gasteiger partial charge is 0.468 e. The third-order valence-electron chi connectivity index (χ3n) is 2.57. The van der Waals surface area contributed by atoms with Crippen molar-refractivity contribution in [3.05, 3.63) is 42.5 Å². The van der Waals surface area contributed by atoms with Gasteiger partial charge in [0.1, 0.15) is 0 Å². The highest BCUT2D eigenvalue weighted by Crippen LogP contribution is 2.20. The van der Waals surface area contributed by atoms with E-state index in [1.165, 1.54) is 25.3 Å². The molecule has 1 aromatic carbocycles. The van der Waals surface area contributed by atoms with E-state index in [4.69, 9.17) is 0 Å². The summed E-state index contributed by atoms with van der Waals surface area (Å²) in [6, 6.07) is 6.36. The van der Waals surface area contributed by atoms with E-state index in [9.17, 15) is 13.2 Å². The van der Waals surface area contributed by atoms with Crippen molar-refractivity contribution in [3.8, 4) is 0 Å². The Balaban J connectivity index is 3.20. The molecule has 0 fully saturated rings. The molecule has 98 valence electrons. The number of carbonyl (C=O) groups excluding carboxylic acids is 1. The fourth-order valence-corrected chi connectivity index (χ4v) is 3.11. The SMILES string of the molecule is C=CCC(C(=O)OC)S(=O)(=O)c1ccc(C)cc1. The average Bonchev–Trinajstić information content (AvgIpc) is 2.35. The first-order chi connectivity index (χ1) is 8.43. The van der Waals surface area contributed by atoms with Gasteiger partial charge in [-0.05, 0) is 25.5 Å². The van der Waals surface area contributed by atoms with E-state index in [0.717, 1.165) is 5.56 Å². The highest BCUT2D eigenvalue weighted by molar-refractivity contribution is 7.92. The summed E-state index contributed by atoms with van der Waals surface area (Å²) in [7, 11) is -2.57. The van der Waals surface area contributed by atoms with Crippen molar-refractivity contribution in [2.24, 2.45) is 0 Å². The maximum atomic E-state index is 12.3. The minimum Gasteiger partial charge on any atom is -0.468 e. The number of benzene rings is 1. The molecule has 5 heteroatoms. The van der Waals surface area contributed by atoms with Crippen molar-refractivity contribution in [3.63, 3.8) is 0 Å². The van der Waals surface area contributed by atoms with E-state index >= 15 is 0 Å². The fraction of sp³-hybridized carbons (Fsp3) is 0.308.